The number of hydrogen-bond acceptors (Lipinski definition) is 1. The quantitative estimate of drug-likeness (QED) is 0.810. The lowest BCUT2D eigenvalue weighted by Gasteiger charge is -2.42. The third-order valence-electron chi connectivity index (χ3n) is 4.09. The maximum Gasteiger partial charge on any atom is 0.0492 e. The van der Waals surface area contributed by atoms with Crippen LogP contribution in [0.1, 0.15) is 31.2 Å². The van der Waals surface area contributed by atoms with E-state index in [4.69, 9.17) is 5.73 Å². The Balaban J connectivity index is 2.13. The zero-order valence-corrected chi connectivity index (χ0v) is 9.50. The van der Waals surface area contributed by atoms with Crippen molar-refractivity contribution in [3.63, 3.8) is 0 Å². The summed E-state index contributed by atoms with van der Waals surface area (Å²) in [5, 5.41) is 1.32. The molecule has 0 radical (unpaired) electrons. The van der Waals surface area contributed by atoms with Gasteiger partial charge in [-0.15, -0.1) is 0 Å². The number of nitrogens with two attached hydrogens (primary N) is 1. The number of para-hydroxylation sites is 1. The second kappa shape index (κ2) is 3.63. The van der Waals surface area contributed by atoms with Gasteiger partial charge in [-0.2, -0.15) is 0 Å². The molecule has 3 N–H and O–H groups in total. The lowest BCUT2D eigenvalue weighted by molar-refractivity contribution is 0.231. The highest BCUT2D eigenvalue weighted by Crippen LogP contribution is 2.47. The molecule has 2 heteroatoms. The number of H-pyrrole nitrogens is 1. The van der Waals surface area contributed by atoms with Crippen LogP contribution in [-0.4, -0.2) is 11.5 Å². The van der Waals surface area contributed by atoms with Crippen LogP contribution in [0.25, 0.3) is 10.9 Å². The first kappa shape index (κ1) is 9.91. The molecule has 16 heavy (non-hydrogen) atoms. The van der Waals surface area contributed by atoms with E-state index in [0.717, 1.165) is 13.0 Å². The first-order chi connectivity index (χ1) is 7.86. The molecule has 1 heterocycles. The highest BCUT2D eigenvalue weighted by Gasteiger charge is 2.38. The summed E-state index contributed by atoms with van der Waals surface area (Å²) in [6, 6.07) is 8.76. The lowest BCUT2D eigenvalue weighted by atomic mass is 9.62. The fourth-order valence-electron chi connectivity index (χ4n) is 3.06. The molecule has 0 amide bonds. The largest absolute Gasteiger partial charge is 0.361 e. The Labute approximate surface area is 95.8 Å². The molecule has 1 aliphatic carbocycles. The van der Waals surface area contributed by atoms with E-state index >= 15 is 0 Å². The third kappa shape index (κ3) is 1.30. The molecule has 84 valence electrons. The van der Waals surface area contributed by atoms with Crippen molar-refractivity contribution in [3.05, 3.63) is 36.0 Å². The summed E-state index contributed by atoms with van der Waals surface area (Å²) in [7, 11) is 0. The fourth-order valence-corrected chi connectivity index (χ4v) is 3.06. The normalized spacial score (nSPS) is 18.6. The zero-order chi connectivity index (χ0) is 11.0. The molecule has 0 atom stereocenters. The Bertz CT molecular complexity index is 494. The van der Waals surface area contributed by atoms with Crippen molar-refractivity contribution in [2.24, 2.45) is 5.73 Å². The SMILES string of the molecule is NCCC1(c2cccc3cc[nH]c23)CCC1. The van der Waals surface area contributed by atoms with Crippen LogP contribution in [0.3, 0.4) is 0 Å². The van der Waals surface area contributed by atoms with Crippen molar-refractivity contribution >= 4 is 10.9 Å². The molecule has 1 aliphatic rings. The van der Waals surface area contributed by atoms with Crippen LogP contribution < -0.4 is 5.73 Å². The number of aromatic amines is 1. The molecule has 0 bridgehead atoms. The first-order valence-electron chi connectivity index (χ1n) is 6.12. The number of rotatable bonds is 3. The Kier molecular flexibility index (Phi) is 2.25. The van der Waals surface area contributed by atoms with Gasteiger partial charge in [-0.05, 0) is 48.2 Å². The lowest BCUT2D eigenvalue weighted by Crippen LogP contribution is -2.36. The summed E-state index contributed by atoms with van der Waals surface area (Å²) < 4.78 is 0. The Morgan fingerprint density at radius 3 is 2.81 bits per heavy atom. The summed E-state index contributed by atoms with van der Waals surface area (Å²) in [4.78, 5) is 3.38. The highest BCUT2D eigenvalue weighted by atomic mass is 14.7. The molecule has 1 saturated carbocycles. The number of fused-ring (bicyclic) bond motifs is 1. The van der Waals surface area contributed by atoms with E-state index in [1.165, 1.54) is 35.7 Å². The van der Waals surface area contributed by atoms with E-state index < -0.39 is 0 Å². The molecule has 2 aromatic rings. The van der Waals surface area contributed by atoms with Gasteiger partial charge in [0.2, 0.25) is 0 Å². The van der Waals surface area contributed by atoms with Gasteiger partial charge in [0.25, 0.3) is 0 Å². The van der Waals surface area contributed by atoms with Gasteiger partial charge >= 0.3 is 0 Å². The molecule has 0 saturated heterocycles. The number of hydrogen-bond donors (Lipinski definition) is 2. The Morgan fingerprint density at radius 1 is 1.25 bits per heavy atom. The van der Waals surface area contributed by atoms with E-state index in [1.54, 1.807) is 0 Å². The van der Waals surface area contributed by atoms with Crippen molar-refractivity contribution in [2.75, 3.05) is 6.54 Å². The second-order valence-corrected chi connectivity index (χ2v) is 4.92. The van der Waals surface area contributed by atoms with Crippen LogP contribution >= 0.6 is 0 Å². The Hall–Kier alpha value is -1.28. The van der Waals surface area contributed by atoms with Crippen molar-refractivity contribution in [1.82, 2.24) is 4.98 Å². The van der Waals surface area contributed by atoms with E-state index in [2.05, 4.69) is 29.2 Å². The topological polar surface area (TPSA) is 41.8 Å². The van der Waals surface area contributed by atoms with Crippen molar-refractivity contribution < 1.29 is 0 Å². The summed E-state index contributed by atoms with van der Waals surface area (Å²) in [6.45, 7) is 0.789. The van der Waals surface area contributed by atoms with Gasteiger partial charge in [-0.1, -0.05) is 24.6 Å². The van der Waals surface area contributed by atoms with Gasteiger partial charge in [0.15, 0.2) is 0 Å². The van der Waals surface area contributed by atoms with E-state index in [0.29, 0.717) is 5.41 Å². The van der Waals surface area contributed by atoms with Crippen LogP contribution in [-0.2, 0) is 5.41 Å². The average molecular weight is 214 g/mol. The second-order valence-electron chi connectivity index (χ2n) is 4.92. The molecule has 3 rings (SSSR count). The van der Waals surface area contributed by atoms with Crippen molar-refractivity contribution in [3.8, 4) is 0 Å². The molecule has 1 fully saturated rings. The number of benzene rings is 1. The molecule has 1 aromatic heterocycles. The van der Waals surface area contributed by atoms with Crippen LogP contribution in [0.15, 0.2) is 30.5 Å². The average Bonchev–Trinajstić information content (AvgIpc) is 2.71. The standard InChI is InChI=1S/C14H18N2/c15-9-8-14(6-2-7-14)12-4-1-3-11-5-10-16-13(11)12/h1,3-5,10,16H,2,6-9,15H2. The zero-order valence-electron chi connectivity index (χ0n) is 9.50. The summed E-state index contributed by atoms with van der Waals surface area (Å²) in [6.07, 6.45) is 7.08. The molecule has 0 unspecified atom stereocenters. The van der Waals surface area contributed by atoms with Crippen LogP contribution in [0, 0.1) is 0 Å². The summed E-state index contributed by atoms with van der Waals surface area (Å²) in [5.74, 6) is 0. The maximum atomic E-state index is 5.77. The molecule has 0 spiro atoms. The van der Waals surface area contributed by atoms with Gasteiger partial charge in [-0.3, -0.25) is 0 Å². The monoisotopic (exact) mass is 214 g/mol. The van der Waals surface area contributed by atoms with Gasteiger partial charge in [0.05, 0.1) is 0 Å². The third-order valence-corrected chi connectivity index (χ3v) is 4.09. The minimum Gasteiger partial charge on any atom is -0.361 e. The summed E-state index contributed by atoms with van der Waals surface area (Å²) >= 11 is 0. The smallest absolute Gasteiger partial charge is 0.0492 e. The van der Waals surface area contributed by atoms with Gasteiger partial charge in [0.1, 0.15) is 0 Å². The minimum absolute atomic E-state index is 0.360. The maximum absolute atomic E-state index is 5.77. The van der Waals surface area contributed by atoms with Crippen LogP contribution in [0.4, 0.5) is 0 Å². The minimum atomic E-state index is 0.360. The van der Waals surface area contributed by atoms with E-state index in [-0.39, 0.29) is 0 Å². The number of aromatic nitrogens is 1. The van der Waals surface area contributed by atoms with Crippen LogP contribution in [0.5, 0.6) is 0 Å². The first-order valence-corrected chi connectivity index (χ1v) is 6.12. The molecule has 2 nitrogen and oxygen atoms in total. The van der Waals surface area contributed by atoms with E-state index in [9.17, 15) is 0 Å². The van der Waals surface area contributed by atoms with Gasteiger partial charge in [0, 0.05) is 11.7 Å². The highest BCUT2D eigenvalue weighted by molar-refractivity contribution is 5.83. The Morgan fingerprint density at radius 2 is 2.12 bits per heavy atom. The summed E-state index contributed by atoms with van der Waals surface area (Å²) in [5.41, 5.74) is 8.92. The van der Waals surface area contributed by atoms with Gasteiger partial charge < -0.3 is 10.7 Å². The van der Waals surface area contributed by atoms with Crippen molar-refractivity contribution in [2.45, 2.75) is 31.1 Å². The molecule has 0 aliphatic heterocycles. The number of nitrogens with one attached hydrogen (secondary N) is 1. The molecular weight excluding hydrogens is 196 g/mol. The predicted octanol–water partition coefficient (Wildman–Crippen LogP) is 2.94. The predicted molar refractivity (Wildman–Crippen MR) is 67.5 cm³/mol. The van der Waals surface area contributed by atoms with Gasteiger partial charge in [-0.25, -0.2) is 0 Å². The fraction of sp³-hybridized carbons (Fsp3) is 0.429. The molecular formula is C14H18N2. The van der Waals surface area contributed by atoms with Crippen molar-refractivity contribution in [1.29, 1.82) is 0 Å². The van der Waals surface area contributed by atoms with E-state index in [1.807, 2.05) is 6.20 Å². The molecule has 1 aromatic carbocycles. The van der Waals surface area contributed by atoms with Crippen LogP contribution in [0.2, 0.25) is 0 Å².